The molecule has 0 saturated carbocycles. The van der Waals surface area contributed by atoms with Gasteiger partial charge in [-0.05, 0) is 56.4 Å². The number of carbonyl (C=O) groups excluding carboxylic acids is 1. The number of H-pyrrole nitrogens is 1. The molecule has 2 aliphatic rings. The minimum absolute atomic E-state index is 0.0679. The first-order chi connectivity index (χ1) is 18.0. The molecule has 0 aliphatic carbocycles. The van der Waals surface area contributed by atoms with Gasteiger partial charge in [-0.25, -0.2) is 19.3 Å². The zero-order valence-electron chi connectivity index (χ0n) is 21.7. The fourth-order valence-corrected chi connectivity index (χ4v) is 5.59. The van der Waals surface area contributed by atoms with E-state index in [0.29, 0.717) is 17.7 Å². The van der Waals surface area contributed by atoms with Crippen LogP contribution >= 0.6 is 0 Å². The van der Waals surface area contributed by atoms with Gasteiger partial charge in [-0.1, -0.05) is 38.1 Å². The lowest BCUT2D eigenvalue weighted by Gasteiger charge is -2.31. The highest BCUT2D eigenvalue weighted by Gasteiger charge is 2.41. The van der Waals surface area contributed by atoms with Crippen LogP contribution in [-0.2, 0) is 0 Å². The molecule has 1 atom stereocenters. The van der Waals surface area contributed by atoms with Crippen molar-refractivity contribution in [1.82, 2.24) is 34.4 Å². The van der Waals surface area contributed by atoms with Gasteiger partial charge in [-0.15, -0.1) is 0 Å². The van der Waals surface area contributed by atoms with E-state index >= 15 is 0 Å². The summed E-state index contributed by atoms with van der Waals surface area (Å²) in [6.45, 7) is 8.16. The molecule has 2 aliphatic heterocycles. The van der Waals surface area contributed by atoms with Gasteiger partial charge in [0, 0.05) is 42.8 Å². The van der Waals surface area contributed by atoms with Crippen molar-refractivity contribution in [2.24, 2.45) is 11.8 Å². The van der Waals surface area contributed by atoms with Crippen LogP contribution in [0.3, 0.4) is 0 Å². The Balaban J connectivity index is 1.29. The second kappa shape index (κ2) is 9.63. The molecular formula is C28H34N8O. The number of nitrogens with zero attached hydrogens (tertiary/aromatic N) is 7. The molecule has 192 valence electrons. The molecule has 1 aromatic carbocycles. The van der Waals surface area contributed by atoms with Crippen molar-refractivity contribution in [3.05, 3.63) is 55.1 Å². The summed E-state index contributed by atoms with van der Waals surface area (Å²) in [7, 11) is 2.17. The number of hydrogen-bond donors (Lipinski definition) is 1. The number of urea groups is 1. The van der Waals surface area contributed by atoms with E-state index in [-0.39, 0.29) is 12.1 Å². The molecule has 0 radical (unpaired) electrons. The minimum atomic E-state index is 0.0679. The molecule has 3 aromatic heterocycles. The number of fused-ring (bicyclic) bond motifs is 1. The summed E-state index contributed by atoms with van der Waals surface area (Å²) < 4.78 is 1.78. The Bertz CT molecular complexity index is 1370. The van der Waals surface area contributed by atoms with Crippen molar-refractivity contribution in [2.75, 3.05) is 38.1 Å². The van der Waals surface area contributed by atoms with E-state index in [9.17, 15) is 4.79 Å². The number of piperidine rings is 1. The van der Waals surface area contributed by atoms with Crippen molar-refractivity contribution < 1.29 is 4.79 Å². The van der Waals surface area contributed by atoms with Crippen LogP contribution in [0, 0.1) is 11.8 Å². The first-order valence-corrected chi connectivity index (χ1v) is 13.2. The number of carbonyl (C=O) groups is 1. The third-order valence-electron chi connectivity index (χ3n) is 7.87. The number of aromatic nitrogens is 5. The molecule has 4 aromatic rings. The molecule has 2 fully saturated rings. The van der Waals surface area contributed by atoms with Crippen LogP contribution in [0.25, 0.3) is 28.2 Å². The predicted octanol–water partition coefficient (Wildman–Crippen LogP) is 4.39. The Labute approximate surface area is 217 Å². The van der Waals surface area contributed by atoms with Gasteiger partial charge in [0.05, 0.1) is 12.2 Å². The molecule has 9 nitrogen and oxygen atoms in total. The Morgan fingerprint density at radius 1 is 1.08 bits per heavy atom. The van der Waals surface area contributed by atoms with Gasteiger partial charge in [-0.2, -0.15) is 5.10 Å². The van der Waals surface area contributed by atoms with Gasteiger partial charge >= 0.3 is 6.03 Å². The summed E-state index contributed by atoms with van der Waals surface area (Å²) in [6, 6.07) is 10.3. The first-order valence-electron chi connectivity index (χ1n) is 13.2. The molecule has 1 N–H and O–H groups in total. The third-order valence-corrected chi connectivity index (χ3v) is 7.87. The van der Waals surface area contributed by atoms with Gasteiger partial charge in [-0.3, -0.25) is 4.90 Å². The van der Waals surface area contributed by atoms with Crippen LogP contribution in [0.2, 0.25) is 0 Å². The molecule has 0 unspecified atom stereocenters. The van der Waals surface area contributed by atoms with E-state index in [4.69, 9.17) is 4.98 Å². The lowest BCUT2D eigenvalue weighted by molar-refractivity contribution is 0.173. The van der Waals surface area contributed by atoms with Crippen LogP contribution in [0.15, 0.2) is 55.1 Å². The largest absolute Gasteiger partial charge is 0.345 e. The molecule has 6 rings (SSSR count). The van der Waals surface area contributed by atoms with Crippen LogP contribution < -0.4 is 4.90 Å². The normalized spacial score (nSPS) is 19.6. The summed E-state index contributed by atoms with van der Waals surface area (Å²) in [5.74, 6) is 2.41. The SMILES string of the molecule is CC(C)[C@H]1CN(CC2CCN(C)CC2)C(=O)N1c1ccn2ncc(-c3ccc(-c4ncc[nH]4)cc3)c2n1. The second-order valence-electron chi connectivity index (χ2n) is 10.7. The highest BCUT2D eigenvalue weighted by atomic mass is 16.2. The summed E-state index contributed by atoms with van der Waals surface area (Å²) in [5.41, 5.74) is 3.72. The van der Waals surface area contributed by atoms with Crippen molar-refractivity contribution in [3.63, 3.8) is 0 Å². The molecule has 5 heterocycles. The average Bonchev–Trinajstić information content (AvgIpc) is 3.65. The number of benzene rings is 1. The average molecular weight is 499 g/mol. The van der Waals surface area contributed by atoms with Gasteiger partial charge < -0.3 is 14.8 Å². The summed E-state index contributed by atoms with van der Waals surface area (Å²) in [6.07, 6.45) is 9.61. The third kappa shape index (κ3) is 4.48. The van der Waals surface area contributed by atoms with Crippen LogP contribution in [-0.4, -0.2) is 79.7 Å². The number of amides is 2. The summed E-state index contributed by atoms with van der Waals surface area (Å²) >= 11 is 0. The number of hydrogen-bond acceptors (Lipinski definition) is 5. The van der Waals surface area contributed by atoms with Crippen molar-refractivity contribution in [3.8, 4) is 22.5 Å². The number of nitrogens with one attached hydrogen (secondary N) is 1. The number of aromatic amines is 1. The van der Waals surface area contributed by atoms with Crippen LogP contribution in [0.1, 0.15) is 26.7 Å². The Morgan fingerprint density at radius 3 is 2.54 bits per heavy atom. The fourth-order valence-electron chi connectivity index (χ4n) is 5.59. The van der Waals surface area contributed by atoms with Crippen LogP contribution in [0.5, 0.6) is 0 Å². The molecular weight excluding hydrogens is 464 g/mol. The zero-order valence-corrected chi connectivity index (χ0v) is 21.7. The van der Waals surface area contributed by atoms with Crippen LogP contribution in [0.4, 0.5) is 10.6 Å². The van der Waals surface area contributed by atoms with E-state index in [1.165, 1.54) is 0 Å². The summed E-state index contributed by atoms with van der Waals surface area (Å²) in [5, 5.41) is 4.52. The summed E-state index contributed by atoms with van der Waals surface area (Å²) in [4.78, 5) is 32.5. The van der Waals surface area contributed by atoms with E-state index < -0.39 is 0 Å². The maximum absolute atomic E-state index is 13.7. The molecule has 2 saturated heterocycles. The lowest BCUT2D eigenvalue weighted by atomic mass is 9.96. The monoisotopic (exact) mass is 498 g/mol. The Kier molecular flexibility index (Phi) is 6.16. The zero-order chi connectivity index (χ0) is 25.5. The van der Waals surface area contributed by atoms with E-state index in [0.717, 1.165) is 67.2 Å². The maximum Gasteiger partial charge on any atom is 0.326 e. The molecule has 9 heteroatoms. The van der Waals surface area contributed by atoms with Crippen molar-refractivity contribution in [1.29, 1.82) is 0 Å². The number of rotatable bonds is 6. The smallest absolute Gasteiger partial charge is 0.326 e. The number of anilines is 1. The topological polar surface area (TPSA) is 85.7 Å². The predicted molar refractivity (Wildman–Crippen MR) is 144 cm³/mol. The molecule has 2 amide bonds. The van der Waals surface area contributed by atoms with Gasteiger partial charge in [0.1, 0.15) is 11.6 Å². The van der Waals surface area contributed by atoms with Gasteiger partial charge in [0.25, 0.3) is 0 Å². The van der Waals surface area contributed by atoms with Crippen molar-refractivity contribution in [2.45, 2.75) is 32.7 Å². The fraction of sp³-hybridized carbons (Fsp3) is 0.429. The highest BCUT2D eigenvalue weighted by molar-refractivity contribution is 5.94. The number of imidazole rings is 1. The van der Waals surface area contributed by atoms with E-state index in [1.54, 1.807) is 10.7 Å². The highest BCUT2D eigenvalue weighted by Crippen LogP contribution is 2.32. The Morgan fingerprint density at radius 2 is 1.84 bits per heavy atom. The second-order valence-corrected chi connectivity index (χ2v) is 10.7. The number of likely N-dealkylation sites (tertiary alicyclic amines) is 1. The van der Waals surface area contributed by atoms with Crippen molar-refractivity contribution >= 4 is 17.5 Å². The molecule has 0 spiro atoms. The standard InChI is InChI=1S/C28H34N8O/c1-19(2)24-18-34(17-20-8-13-33(3)14-9-20)28(37)36(24)25-10-15-35-27(32-25)23(16-31-35)21-4-6-22(7-5-21)26-29-11-12-30-26/h4-7,10-12,15-16,19-20,24H,8-9,13-14,17-18H2,1-3H3,(H,29,30)/t24-/m1/s1. The Hall–Kier alpha value is -3.72. The quantitative estimate of drug-likeness (QED) is 0.426. The molecule has 0 bridgehead atoms. The van der Waals surface area contributed by atoms with E-state index in [2.05, 4.69) is 57.9 Å². The molecule has 37 heavy (non-hydrogen) atoms. The maximum atomic E-state index is 13.7. The van der Waals surface area contributed by atoms with Gasteiger partial charge in [0.15, 0.2) is 5.65 Å². The van der Waals surface area contributed by atoms with E-state index in [1.807, 2.05) is 41.7 Å². The van der Waals surface area contributed by atoms with Gasteiger partial charge in [0.2, 0.25) is 0 Å². The lowest BCUT2D eigenvalue weighted by Crippen LogP contribution is -2.40. The minimum Gasteiger partial charge on any atom is -0.345 e. The first kappa shape index (κ1) is 23.7.